The monoisotopic (exact) mass is 203 g/mol. The average molecular weight is 203 g/mol. The van der Waals surface area contributed by atoms with Crippen LogP contribution in [0.2, 0.25) is 0 Å². The van der Waals surface area contributed by atoms with Crippen molar-refractivity contribution in [3.05, 3.63) is 46.9 Å². The van der Waals surface area contributed by atoms with Crippen molar-refractivity contribution in [2.75, 3.05) is 5.32 Å². The van der Waals surface area contributed by atoms with Crippen molar-refractivity contribution in [2.24, 2.45) is 0 Å². The second kappa shape index (κ2) is 4.02. The molecule has 1 N–H and O–H groups in total. The third-order valence-corrected chi connectivity index (χ3v) is 2.37. The van der Waals surface area contributed by atoms with Crippen molar-refractivity contribution in [3.8, 4) is 0 Å². The summed E-state index contributed by atoms with van der Waals surface area (Å²) in [7, 11) is 0. The Morgan fingerprint density at radius 2 is 2.21 bits per heavy atom. The van der Waals surface area contributed by atoms with Crippen molar-refractivity contribution in [3.63, 3.8) is 0 Å². The standard InChI is InChI=1S/C10H7N2OS/c13-9(10-11-6-7-14-10)12-8-4-2-1-3-5-8/h2-7H,(H,12,13). The fourth-order valence-electron chi connectivity index (χ4n) is 0.990. The van der Waals surface area contributed by atoms with Gasteiger partial charge >= 0.3 is 0 Å². The Morgan fingerprint density at radius 3 is 2.86 bits per heavy atom. The summed E-state index contributed by atoms with van der Waals surface area (Å²) in [5.41, 5.74) is 0.754. The van der Waals surface area contributed by atoms with Crippen LogP contribution >= 0.6 is 11.3 Å². The minimum atomic E-state index is -0.175. The van der Waals surface area contributed by atoms with E-state index in [0.29, 0.717) is 5.01 Å². The van der Waals surface area contributed by atoms with Gasteiger partial charge in [0.15, 0.2) is 5.01 Å². The Balaban J connectivity index is 2.10. The molecule has 0 fully saturated rings. The molecular weight excluding hydrogens is 196 g/mol. The maximum Gasteiger partial charge on any atom is 0.284 e. The molecule has 2 rings (SSSR count). The van der Waals surface area contributed by atoms with Crippen molar-refractivity contribution < 1.29 is 4.79 Å². The first kappa shape index (κ1) is 8.90. The zero-order chi connectivity index (χ0) is 9.80. The van der Waals surface area contributed by atoms with Crippen LogP contribution in [0, 0.1) is 6.07 Å². The number of thiazole rings is 1. The highest BCUT2D eigenvalue weighted by molar-refractivity contribution is 7.11. The van der Waals surface area contributed by atoms with Crippen LogP contribution in [-0.4, -0.2) is 10.9 Å². The minimum absolute atomic E-state index is 0.175. The van der Waals surface area contributed by atoms with Gasteiger partial charge in [0.2, 0.25) is 0 Å². The quantitative estimate of drug-likeness (QED) is 0.813. The predicted molar refractivity (Wildman–Crippen MR) is 55.3 cm³/mol. The van der Waals surface area contributed by atoms with Gasteiger partial charge in [0.1, 0.15) is 0 Å². The van der Waals surface area contributed by atoms with E-state index in [1.807, 2.05) is 0 Å². The van der Waals surface area contributed by atoms with Gasteiger partial charge in [0.25, 0.3) is 5.91 Å². The molecule has 1 amide bonds. The van der Waals surface area contributed by atoms with E-state index < -0.39 is 0 Å². The largest absolute Gasteiger partial charge is 0.320 e. The number of carbonyl (C=O) groups excluding carboxylic acids is 1. The molecule has 69 valence electrons. The van der Waals surface area contributed by atoms with E-state index in [1.165, 1.54) is 11.3 Å². The molecule has 1 heterocycles. The lowest BCUT2D eigenvalue weighted by Crippen LogP contribution is -2.10. The smallest absolute Gasteiger partial charge is 0.284 e. The first-order valence-electron chi connectivity index (χ1n) is 4.03. The predicted octanol–water partition coefficient (Wildman–Crippen LogP) is 2.20. The molecular formula is C10H7N2OS. The highest BCUT2D eigenvalue weighted by Crippen LogP contribution is 2.09. The molecule has 0 saturated heterocycles. The Bertz CT molecular complexity index is 411. The fourth-order valence-corrected chi connectivity index (χ4v) is 1.52. The van der Waals surface area contributed by atoms with E-state index in [0.717, 1.165) is 5.69 Å². The summed E-state index contributed by atoms with van der Waals surface area (Å²) in [5, 5.41) is 4.98. The number of hydrogen-bond acceptors (Lipinski definition) is 3. The molecule has 1 aromatic heterocycles. The number of rotatable bonds is 2. The molecule has 0 aliphatic rings. The van der Waals surface area contributed by atoms with E-state index in [2.05, 4.69) is 16.4 Å². The molecule has 3 nitrogen and oxygen atoms in total. The van der Waals surface area contributed by atoms with Crippen molar-refractivity contribution in [2.45, 2.75) is 0 Å². The molecule has 0 spiro atoms. The molecule has 14 heavy (non-hydrogen) atoms. The second-order valence-electron chi connectivity index (χ2n) is 2.58. The summed E-state index contributed by atoms with van der Waals surface area (Å²) in [6.07, 6.45) is 1.61. The number of nitrogens with one attached hydrogen (secondary N) is 1. The Kier molecular flexibility index (Phi) is 2.55. The molecule has 0 atom stereocenters. The first-order valence-corrected chi connectivity index (χ1v) is 4.91. The lowest BCUT2D eigenvalue weighted by molar-refractivity contribution is 0.102. The van der Waals surface area contributed by atoms with Crippen LogP contribution in [0.25, 0.3) is 0 Å². The van der Waals surface area contributed by atoms with Crippen LogP contribution < -0.4 is 5.32 Å². The van der Waals surface area contributed by atoms with E-state index in [-0.39, 0.29) is 5.91 Å². The molecule has 2 aromatic rings. The summed E-state index contributed by atoms with van der Waals surface area (Å²) in [6.45, 7) is 0. The third kappa shape index (κ3) is 1.97. The summed E-state index contributed by atoms with van der Waals surface area (Å²) < 4.78 is 0. The maximum atomic E-state index is 11.5. The van der Waals surface area contributed by atoms with Gasteiger partial charge < -0.3 is 5.32 Å². The topological polar surface area (TPSA) is 42.0 Å². The van der Waals surface area contributed by atoms with Crippen molar-refractivity contribution >= 4 is 22.9 Å². The van der Waals surface area contributed by atoms with E-state index in [4.69, 9.17) is 0 Å². The summed E-state index contributed by atoms with van der Waals surface area (Å²) in [6, 6.07) is 9.94. The number of hydrogen-bond donors (Lipinski definition) is 1. The molecule has 4 heteroatoms. The number of carbonyl (C=O) groups is 1. The van der Waals surface area contributed by atoms with E-state index >= 15 is 0 Å². The Morgan fingerprint density at radius 1 is 1.43 bits per heavy atom. The zero-order valence-corrected chi connectivity index (χ0v) is 8.04. The lowest BCUT2D eigenvalue weighted by atomic mass is 10.3. The van der Waals surface area contributed by atoms with Crippen LogP contribution in [0.15, 0.2) is 35.8 Å². The molecule has 0 unspecified atom stereocenters. The normalized spacial score (nSPS) is 9.71. The van der Waals surface area contributed by atoms with Gasteiger partial charge in [-0.2, -0.15) is 0 Å². The number of anilines is 1. The molecule has 0 bridgehead atoms. The summed E-state index contributed by atoms with van der Waals surface area (Å²) in [5.74, 6) is -0.175. The van der Waals surface area contributed by atoms with Gasteiger partial charge in [0.05, 0.1) is 0 Å². The van der Waals surface area contributed by atoms with E-state index in [1.54, 1.807) is 35.8 Å². The molecule has 0 aliphatic carbocycles. The van der Waals surface area contributed by atoms with Crippen LogP contribution in [0.5, 0.6) is 0 Å². The van der Waals surface area contributed by atoms with Gasteiger partial charge in [-0.05, 0) is 18.2 Å². The van der Waals surface area contributed by atoms with E-state index in [9.17, 15) is 4.79 Å². The van der Waals surface area contributed by atoms with Crippen LogP contribution in [0.4, 0.5) is 5.69 Å². The number of amides is 1. The minimum Gasteiger partial charge on any atom is -0.320 e. The van der Waals surface area contributed by atoms with Crippen LogP contribution in [0.1, 0.15) is 9.80 Å². The second-order valence-corrected chi connectivity index (χ2v) is 3.47. The van der Waals surface area contributed by atoms with Crippen molar-refractivity contribution in [1.29, 1.82) is 0 Å². The Labute approximate surface area is 85.4 Å². The van der Waals surface area contributed by atoms with Gasteiger partial charge in [-0.25, -0.2) is 4.98 Å². The highest BCUT2D eigenvalue weighted by Gasteiger charge is 2.07. The lowest BCUT2D eigenvalue weighted by Gasteiger charge is -2.00. The number of aromatic nitrogens is 1. The first-order chi connectivity index (χ1) is 6.86. The Hall–Kier alpha value is -1.68. The number of benzene rings is 1. The molecule has 0 saturated carbocycles. The van der Waals surface area contributed by atoms with Gasteiger partial charge in [-0.15, -0.1) is 11.3 Å². The van der Waals surface area contributed by atoms with Gasteiger partial charge in [0, 0.05) is 17.3 Å². The van der Waals surface area contributed by atoms with Crippen molar-refractivity contribution in [1.82, 2.24) is 4.98 Å². The maximum absolute atomic E-state index is 11.5. The van der Waals surface area contributed by atoms with Gasteiger partial charge in [-0.3, -0.25) is 4.79 Å². The van der Waals surface area contributed by atoms with Gasteiger partial charge in [-0.1, -0.05) is 12.1 Å². The highest BCUT2D eigenvalue weighted by atomic mass is 32.1. The molecule has 1 aromatic carbocycles. The zero-order valence-electron chi connectivity index (χ0n) is 7.23. The average Bonchev–Trinajstić information content (AvgIpc) is 2.72. The fraction of sp³-hybridized carbons (Fsp3) is 0. The number of nitrogens with zero attached hydrogens (tertiary/aromatic N) is 1. The SMILES string of the molecule is O=C(Nc1cc[c]cc1)c1nccs1. The molecule has 0 aliphatic heterocycles. The van der Waals surface area contributed by atoms with Crippen LogP contribution in [-0.2, 0) is 0 Å². The summed E-state index contributed by atoms with van der Waals surface area (Å²) >= 11 is 1.32. The third-order valence-electron chi connectivity index (χ3n) is 1.60. The molecule has 1 radical (unpaired) electrons. The summed E-state index contributed by atoms with van der Waals surface area (Å²) in [4.78, 5) is 15.4. The van der Waals surface area contributed by atoms with Crippen LogP contribution in [0.3, 0.4) is 0 Å².